The van der Waals surface area contributed by atoms with Crippen LogP contribution in [-0.2, 0) is 11.2 Å². The first-order valence-corrected chi connectivity index (χ1v) is 6.85. The average molecular weight is 389 g/mol. The van der Waals surface area contributed by atoms with E-state index in [0.29, 0.717) is 5.96 Å². The minimum atomic E-state index is 0. The second kappa shape index (κ2) is 8.46. The van der Waals surface area contributed by atoms with E-state index in [1.807, 2.05) is 0 Å². The van der Waals surface area contributed by atoms with Gasteiger partial charge in [0.2, 0.25) is 0 Å². The van der Waals surface area contributed by atoms with Crippen LogP contribution in [0.2, 0.25) is 0 Å². The molecule has 2 N–H and O–H groups in total. The summed E-state index contributed by atoms with van der Waals surface area (Å²) < 4.78 is 5.30. The summed E-state index contributed by atoms with van der Waals surface area (Å²) in [5, 5.41) is 0. The van der Waals surface area contributed by atoms with E-state index in [1.54, 1.807) is 0 Å². The van der Waals surface area contributed by atoms with Crippen molar-refractivity contribution < 1.29 is 4.74 Å². The Morgan fingerprint density at radius 3 is 2.65 bits per heavy atom. The van der Waals surface area contributed by atoms with Crippen molar-refractivity contribution in [1.82, 2.24) is 4.90 Å². The largest absolute Gasteiger partial charge is 0.378 e. The topological polar surface area (TPSA) is 50.8 Å². The summed E-state index contributed by atoms with van der Waals surface area (Å²) in [5.74, 6) is 0.646. The van der Waals surface area contributed by atoms with Gasteiger partial charge in [-0.2, -0.15) is 0 Å². The molecule has 112 valence electrons. The van der Waals surface area contributed by atoms with Gasteiger partial charge in [-0.05, 0) is 31.4 Å². The lowest BCUT2D eigenvalue weighted by Gasteiger charge is -2.27. The minimum absolute atomic E-state index is 0. The molecule has 0 bridgehead atoms. The maximum Gasteiger partial charge on any atom is 0.191 e. The highest BCUT2D eigenvalue weighted by molar-refractivity contribution is 14.0. The molecule has 2 rings (SSSR count). The van der Waals surface area contributed by atoms with Crippen LogP contribution in [0.4, 0.5) is 0 Å². The zero-order valence-electron chi connectivity index (χ0n) is 12.3. The van der Waals surface area contributed by atoms with E-state index in [9.17, 15) is 0 Å². The second-order valence-corrected chi connectivity index (χ2v) is 5.02. The normalized spacial score (nSPS) is 15.9. The summed E-state index contributed by atoms with van der Waals surface area (Å²) in [6.07, 6.45) is 0.942. The van der Waals surface area contributed by atoms with E-state index in [2.05, 4.69) is 41.9 Å². The standard InChI is InChI=1S/C15H23N3O.HI/c1-12-3-4-14(13(2)11-12)5-6-17-15(16)18-7-9-19-10-8-18;/h3-4,11H,5-10H2,1-2H3,(H2,16,17);1H. The molecule has 1 aliphatic rings. The van der Waals surface area contributed by atoms with Gasteiger partial charge in [0, 0.05) is 19.6 Å². The Morgan fingerprint density at radius 2 is 2.00 bits per heavy atom. The summed E-state index contributed by atoms with van der Waals surface area (Å²) in [6, 6.07) is 6.55. The first kappa shape index (κ1) is 17.2. The molecule has 0 aliphatic carbocycles. The van der Waals surface area contributed by atoms with E-state index in [4.69, 9.17) is 10.5 Å². The van der Waals surface area contributed by atoms with Crippen LogP contribution in [0.15, 0.2) is 23.2 Å². The fourth-order valence-electron chi connectivity index (χ4n) is 2.31. The molecular weight excluding hydrogens is 365 g/mol. The van der Waals surface area contributed by atoms with Crippen molar-refractivity contribution in [1.29, 1.82) is 0 Å². The Morgan fingerprint density at radius 1 is 1.30 bits per heavy atom. The Balaban J connectivity index is 0.00000200. The first-order chi connectivity index (χ1) is 9.16. The first-order valence-electron chi connectivity index (χ1n) is 6.85. The van der Waals surface area contributed by atoms with Crippen LogP contribution in [0.3, 0.4) is 0 Å². The van der Waals surface area contributed by atoms with Crippen LogP contribution in [0.25, 0.3) is 0 Å². The van der Waals surface area contributed by atoms with Gasteiger partial charge in [0.15, 0.2) is 5.96 Å². The van der Waals surface area contributed by atoms with Crippen LogP contribution >= 0.6 is 24.0 Å². The molecule has 4 nitrogen and oxygen atoms in total. The monoisotopic (exact) mass is 389 g/mol. The Bertz CT molecular complexity index is 456. The van der Waals surface area contributed by atoms with Crippen LogP contribution in [0, 0.1) is 13.8 Å². The second-order valence-electron chi connectivity index (χ2n) is 5.02. The smallest absolute Gasteiger partial charge is 0.191 e. The molecule has 1 aromatic carbocycles. The van der Waals surface area contributed by atoms with Crippen molar-refractivity contribution in [2.24, 2.45) is 10.7 Å². The maximum atomic E-state index is 6.00. The van der Waals surface area contributed by atoms with E-state index >= 15 is 0 Å². The maximum absolute atomic E-state index is 6.00. The summed E-state index contributed by atoms with van der Waals surface area (Å²) in [7, 11) is 0. The number of rotatable bonds is 3. The molecule has 1 heterocycles. The van der Waals surface area contributed by atoms with Crippen LogP contribution in [-0.4, -0.2) is 43.7 Å². The van der Waals surface area contributed by atoms with Gasteiger partial charge in [-0.25, -0.2) is 0 Å². The highest BCUT2D eigenvalue weighted by Crippen LogP contribution is 2.11. The highest BCUT2D eigenvalue weighted by atomic mass is 127. The van der Waals surface area contributed by atoms with E-state index in [1.165, 1.54) is 16.7 Å². The van der Waals surface area contributed by atoms with Crippen molar-refractivity contribution >= 4 is 29.9 Å². The summed E-state index contributed by atoms with van der Waals surface area (Å²) >= 11 is 0. The number of morpholine rings is 1. The zero-order valence-corrected chi connectivity index (χ0v) is 14.6. The molecule has 0 saturated carbocycles. The fraction of sp³-hybridized carbons (Fsp3) is 0.533. The predicted octanol–water partition coefficient (Wildman–Crippen LogP) is 2.11. The van der Waals surface area contributed by atoms with Crippen molar-refractivity contribution in [3.63, 3.8) is 0 Å². The third kappa shape index (κ3) is 4.94. The van der Waals surface area contributed by atoms with Gasteiger partial charge in [0.25, 0.3) is 0 Å². The number of hydrogen-bond acceptors (Lipinski definition) is 2. The number of benzene rings is 1. The van der Waals surface area contributed by atoms with Gasteiger partial charge in [0.1, 0.15) is 0 Å². The number of nitrogens with zero attached hydrogens (tertiary/aromatic N) is 2. The van der Waals surface area contributed by atoms with Crippen molar-refractivity contribution in [2.45, 2.75) is 20.3 Å². The molecule has 0 aromatic heterocycles. The van der Waals surface area contributed by atoms with Crippen LogP contribution in [0.1, 0.15) is 16.7 Å². The number of ether oxygens (including phenoxy) is 1. The summed E-state index contributed by atoms with van der Waals surface area (Å²) in [4.78, 5) is 6.56. The lowest BCUT2D eigenvalue weighted by molar-refractivity contribution is 0.0674. The fourth-order valence-corrected chi connectivity index (χ4v) is 2.31. The Labute approximate surface area is 138 Å². The molecule has 20 heavy (non-hydrogen) atoms. The molecule has 1 aromatic rings. The van der Waals surface area contributed by atoms with Crippen LogP contribution in [0.5, 0.6) is 0 Å². The van der Waals surface area contributed by atoms with Crippen molar-refractivity contribution in [2.75, 3.05) is 32.8 Å². The third-order valence-corrected chi connectivity index (χ3v) is 3.49. The third-order valence-electron chi connectivity index (χ3n) is 3.49. The quantitative estimate of drug-likeness (QED) is 0.490. The SMILES string of the molecule is Cc1ccc(CCN=C(N)N2CCOCC2)c(C)c1.I. The number of halogens is 1. The number of guanidine groups is 1. The Kier molecular flexibility index (Phi) is 7.29. The molecule has 0 unspecified atom stereocenters. The zero-order chi connectivity index (χ0) is 13.7. The molecule has 0 amide bonds. The lowest BCUT2D eigenvalue weighted by Crippen LogP contribution is -2.44. The van der Waals surface area contributed by atoms with Crippen molar-refractivity contribution in [3.8, 4) is 0 Å². The molecule has 1 aliphatic heterocycles. The molecule has 1 saturated heterocycles. The Hall–Kier alpha value is -0.820. The molecule has 0 radical (unpaired) electrons. The van der Waals surface area contributed by atoms with Gasteiger partial charge in [0.05, 0.1) is 13.2 Å². The molecule has 5 heteroatoms. The van der Waals surface area contributed by atoms with Gasteiger partial charge < -0.3 is 15.4 Å². The van der Waals surface area contributed by atoms with Gasteiger partial charge in [-0.15, -0.1) is 24.0 Å². The number of hydrogen-bond donors (Lipinski definition) is 1. The number of aryl methyl sites for hydroxylation is 2. The van der Waals surface area contributed by atoms with Gasteiger partial charge in [-0.1, -0.05) is 23.8 Å². The van der Waals surface area contributed by atoms with E-state index in [0.717, 1.165) is 39.3 Å². The van der Waals surface area contributed by atoms with E-state index in [-0.39, 0.29) is 24.0 Å². The van der Waals surface area contributed by atoms with Crippen molar-refractivity contribution in [3.05, 3.63) is 34.9 Å². The molecule has 0 spiro atoms. The number of nitrogens with two attached hydrogens (primary N) is 1. The summed E-state index contributed by atoms with van der Waals surface area (Å²) in [5.41, 5.74) is 9.98. The van der Waals surface area contributed by atoms with E-state index < -0.39 is 0 Å². The van der Waals surface area contributed by atoms with Gasteiger partial charge >= 0.3 is 0 Å². The van der Waals surface area contributed by atoms with Gasteiger partial charge in [-0.3, -0.25) is 4.99 Å². The molecular formula is C15H24IN3O. The average Bonchev–Trinajstić information content (AvgIpc) is 2.42. The van der Waals surface area contributed by atoms with Crippen LogP contribution < -0.4 is 5.73 Å². The number of aliphatic imine (C=N–C) groups is 1. The molecule has 0 atom stereocenters. The minimum Gasteiger partial charge on any atom is -0.378 e. The predicted molar refractivity (Wildman–Crippen MR) is 93.9 cm³/mol. The molecule has 1 fully saturated rings. The lowest BCUT2D eigenvalue weighted by atomic mass is 10.0. The summed E-state index contributed by atoms with van der Waals surface area (Å²) in [6.45, 7) is 8.19. The highest BCUT2D eigenvalue weighted by Gasteiger charge is 2.11.